The Balaban J connectivity index is 3.91. The van der Waals surface area contributed by atoms with E-state index >= 15 is 0 Å². The van der Waals surface area contributed by atoms with Crippen molar-refractivity contribution in [1.82, 2.24) is 0 Å². The molecule has 0 fully saturated rings. The van der Waals surface area contributed by atoms with Gasteiger partial charge in [-0.15, -0.1) is 0 Å². The number of halogens is 1. The number of hydrogen-bond acceptors (Lipinski definition) is 2. The number of hydrogen-bond donors (Lipinski definition) is 1. The van der Waals surface area contributed by atoms with Gasteiger partial charge in [0.25, 0.3) is 0 Å². The van der Waals surface area contributed by atoms with Crippen molar-refractivity contribution in [3.8, 4) is 0 Å². The second kappa shape index (κ2) is 2.51. The molecular formula is C5H9FOS. The zero-order valence-electron chi connectivity index (χ0n) is 4.94. The van der Waals surface area contributed by atoms with Crippen LogP contribution in [0.15, 0.2) is 0 Å². The maximum atomic E-state index is 11.7. The van der Waals surface area contributed by atoms with Gasteiger partial charge in [-0.05, 0) is 13.8 Å². The summed E-state index contributed by atoms with van der Waals surface area (Å²) in [5, 5.41) is 8.88. The average Bonchev–Trinajstić information content (AvgIpc) is 1.67. The Kier molecular flexibility index (Phi) is 2.50. The molecule has 1 atom stereocenters. The van der Waals surface area contributed by atoms with Crippen LogP contribution in [0.3, 0.4) is 0 Å². The van der Waals surface area contributed by atoms with E-state index in [-0.39, 0.29) is 0 Å². The first kappa shape index (κ1) is 7.98. The van der Waals surface area contributed by atoms with Crippen LogP contribution in [0.5, 0.6) is 0 Å². The van der Waals surface area contributed by atoms with E-state index in [0.717, 1.165) is 0 Å². The third kappa shape index (κ3) is 1.84. The number of rotatable bonds is 2. The summed E-state index contributed by atoms with van der Waals surface area (Å²) in [6.45, 7) is 2.08. The fourth-order valence-corrected chi connectivity index (χ4v) is 0.149. The SMILES string of the molecule is CC(=S)C(C)(O)CF. The summed E-state index contributed by atoms with van der Waals surface area (Å²) in [5.41, 5.74) is -1.39. The number of thiocarbonyl (C=S) groups is 1. The largest absolute Gasteiger partial charge is 0.382 e. The summed E-state index contributed by atoms with van der Waals surface area (Å²) in [6.07, 6.45) is 0. The minimum Gasteiger partial charge on any atom is -0.382 e. The van der Waals surface area contributed by atoms with Crippen molar-refractivity contribution in [3.63, 3.8) is 0 Å². The van der Waals surface area contributed by atoms with E-state index < -0.39 is 12.3 Å². The molecule has 0 spiro atoms. The quantitative estimate of drug-likeness (QED) is 0.573. The lowest BCUT2D eigenvalue weighted by atomic mass is 10.1. The van der Waals surface area contributed by atoms with Crippen molar-refractivity contribution in [2.24, 2.45) is 0 Å². The highest BCUT2D eigenvalue weighted by Crippen LogP contribution is 2.05. The molecule has 0 aliphatic heterocycles. The molecule has 0 aromatic rings. The van der Waals surface area contributed by atoms with Crippen LogP contribution in [0.4, 0.5) is 4.39 Å². The Hall–Kier alpha value is -0.0200. The Morgan fingerprint density at radius 1 is 1.88 bits per heavy atom. The van der Waals surface area contributed by atoms with Gasteiger partial charge in [-0.3, -0.25) is 0 Å². The Bertz CT molecular complexity index is 101. The maximum Gasteiger partial charge on any atom is 0.123 e. The van der Waals surface area contributed by atoms with Gasteiger partial charge in [-0.25, -0.2) is 4.39 Å². The van der Waals surface area contributed by atoms with Gasteiger partial charge < -0.3 is 5.11 Å². The van der Waals surface area contributed by atoms with Crippen LogP contribution >= 0.6 is 12.2 Å². The van der Waals surface area contributed by atoms with Crippen molar-refractivity contribution in [2.45, 2.75) is 19.4 Å². The molecule has 1 N–H and O–H groups in total. The molecule has 0 saturated carbocycles. The highest BCUT2D eigenvalue weighted by molar-refractivity contribution is 7.80. The van der Waals surface area contributed by atoms with E-state index in [1.165, 1.54) is 13.8 Å². The molecule has 48 valence electrons. The molecule has 0 amide bonds. The standard InChI is InChI=1S/C5H9FOS/c1-4(8)5(2,7)3-6/h7H,3H2,1-2H3. The van der Waals surface area contributed by atoms with Crippen molar-refractivity contribution < 1.29 is 9.50 Å². The van der Waals surface area contributed by atoms with Crippen molar-refractivity contribution >= 4 is 17.1 Å². The van der Waals surface area contributed by atoms with E-state index in [9.17, 15) is 4.39 Å². The Morgan fingerprint density at radius 2 is 2.25 bits per heavy atom. The lowest BCUT2D eigenvalue weighted by molar-refractivity contribution is 0.102. The van der Waals surface area contributed by atoms with Crippen LogP contribution in [0, 0.1) is 0 Å². The third-order valence-corrected chi connectivity index (χ3v) is 1.46. The number of aliphatic hydroxyl groups is 1. The van der Waals surface area contributed by atoms with Crippen molar-refractivity contribution in [2.75, 3.05) is 6.67 Å². The van der Waals surface area contributed by atoms with E-state index in [1.54, 1.807) is 0 Å². The second-order valence-electron chi connectivity index (χ2n) is 1.96. The molecule has 0 heterocycles. The molecule has 0 saturated heterocycles. The molecule has 3 heteroatoms. The molecule has 0 aliphatic carbocycles. The molecule has 1 nitrogen and oxygen atoms in total. The van der Waals surface area contributed by atoms with Gasteiger partial charge in [0.2, 0.25) is 0 Å². The monoisotopic (exact) mass is 136 g/mol. The van der Waals surface area contributed by atoms with Gasteiger partial charge in [0.05, 0.1) is 0 Å². The topological polar surface area (TPSA) is 20.2 Å². The molecule has 1 unspecified atom stereocenters. The smallest absolute Gasteiger partial charge is 0.123 e. The van der Waals surface area contributed by atoms with E-state index in [1.807, 2.05) is 0 Å². The molecule has 8 heavy (non-hydrogen) atoms. The van der Waals surface area contributed by atoms with Crippen molar-refractivity contribution in [1.29, 1.82) is 0 Å². The number of alkyl halides is 1. The first-order chi connectivity index (χ1) is 3.50. The summed E-state index contributed by atoms with van der Waals surface area (Å²) in [7, 11) is 0. The Morgan fingerprint density at radius 3 is 2.25 bits per heavy atom. The third-order valence-electron chi connectivity index (χ3n) is 1.02. The summed E-state index contributed by atoms with van der Waals surface area (Å²) in [6, 6.07) is 0. The molecular weight excluding hydrogens is 127 g/mol. The molecule has 0 aromatic carbocycles. The summed E-state index contributed by atoms with van der Waals surface area (Å²) >= 11 is 4.54. The van der Waals surface area contributed by atoms with Crippen LogP contribution in [0.25, 0.3) is 0 Å². The zero-order valence-corrected chi connectivity index (χ0v) is 5.76. The minimum absolute atomic E-state index is 0.292. The lowest BCUT2D eigenvalue weighted by Crippen LogP contribution is -2.33. The average molecular weight is 136 g/mol. The van der Waals surface area contributed by atoms with E-state index in [0.29, 0.717) is 4.86 Å². The predicted octanol–water partition coefficient (Wildman–Crippen LogP) is 1.10. The zero-order chi connectivity index (χ0) is 6.78. The first-order valence-corrected chi connectivity index (χ1v) is 2.71. The minimum atomic E-state index is -1.39. The van der Waals surface area contributed by atoms with Crippen LogP contribution in [-0.4, -0.2) is 22.2 Å². The fraction of sp³-hybridized carbons (Fsp3) is 0.800. The molecule has 0 rings (SSSR count). The van der Waals surface area contributed by atoms with Crippen molar-refractivity contribution in [3.05, 3.63) is 0 Å². The first-order valence-electron chi connectivity index (χ1n) is 2.30. The van der Waals surface area contributed by atoms with Gasteiger partial charge in [0.1, 0.15) is 12.3 Å². The maximum absolute atomic E-state index is 11.7. The molecule has 0 aromatic heterocycles. The lowest BCUT2D eigenvalue weighted by Gasteiger charge is -2.16. The molecule has 0 radical (unpaired) electrons. The van der Waals surface area contributed by atoms with Crippen LogP contribution < -0.4 is 0 Å². The van der Waals surface area contributed by atoms with Gasteiger partial charge in [0, 0.05) is 4.86 Å². The van der Waals surface area contributed by atoms with Gasteiger partial charge >= 0.3 is 0 Å². The highest BCUT2D eigenvalue weighted by Gasteiger charge is 2.21. The summed E-state index contributed by atoms with van der Waals surface area (Å²) < 4.78 is 11.7. The van der Waals surface area contributed by atoms with Gasteiger partial charge in [-0.2, -0.15) is 0 Å². The van der Waals surface area contributed by atoms with Crippen LogP contribution in [0.2, 0.25) is 0 Å². The summed E-state index contributed by atoms with van der Waals surface area (Å²) in [5.74, 6) is 0. The fourth-order valence-electron chi connectivity index (χ4n) is 0.0941. The Labute approximate surface area is 53.5 Å². The molecule has 0 bridgehead atoms. The summed E-state index contributed by atoms with van der Waals surface area (Å²) in [4.78, 5) is 0.292. The van der Waals surface area contributed by atoms with Crippen LogP contribution in [0.1, 0.15) is 13.8 Å². The van der Waals surface area contributed by atoms with Gasteiger partial charge in [0.15, 0.2) is 0 Å². The van der Waals surface area contributed by atoms with E-state index in [2.05, 4.69) is 12.2 Å². The highest BCUT2D eigenvalue weighted by atomic mass is 32.1. The van der Waals surface area contributed by atoms with E-state index in [4.69, 9.17) is 5.11 Å². The predicted molar refractivity (Wildman–Crippen MR) is 34.9 cm³/mol. The second-order valence-corrected chi connectivity index (χ2v) is 2.58. The molecule has 0 aliphatic rings. The normalized spacial score (nSPS) is 17.5. The van der Waals surface area contributed by atoms with Crippen LogP contribution in [-0.2, 0) is 0 Å². The van der Waals surface area contributed by atoms with Gasteiger partial charge in [-0.1, -0.05) is 12.2 Å².